The van der Waals surface area contributed by atoms with Gasteiger partial charge in [-0.25, -0.2) is 0 Å². The lowest BCUT2D eigenvalue weighted by molar-refractivity contribution is -0.148. The minimum atomic E-state index is -0.857. The fraction of sp³-hybridized carbons (Fsp3) is 0.538. The highest BCUT2D eigenvalue weighted by atomic mass is 16.4. The van der Waals surface area contributed by atoms with Crippen molar-refractivity contribution in [1.82, 2.24) is 4.98 Å². The molecule has 1 atom stereocenters. The predicted molar refractivity (Wildman–Crippen MR) is 66.7 cm³/mol. The smallest absolute Gasteiger partial charge is 0.311 e. The molecular weight excluding hydrogens is 216 g/mol. The Labute approximate surface area is 102 Å². The van der Waals surface area contributed by atoms with Gasteiger partial charge in [0.05, 0.1) is 5.41 Å². The van der Waals surface area contributed by atoms with Crippen molar-refractivity contribution >= 4 is 5.97 Å². The van der Waals surface area contributed by atoms with Crippen LogP contribution in [0.3, 0.4) is 0 Å². The second-order valence-corrected chi connectivity index (χ2v) is 4.59. The average molecular weight is 236 g/mol. The highest BCUT2D eigenvalue weighted by molar-refractivity contribution is 5.75. The molecule has 3 N–H and O–H groups in total. The van der Waals surface area contributed by atoms with Gasteiger partial charge in [0.25, 0.3) is 0 Å². The Hall–Kier alpha value is -1.42. The lowest BCUT2D eigenvalue weighted by Crippen LogP contribution is -2.40. The van der Waals surface area contributed by atoms with Gasteiger partial charge in [0.2, 0.25) is 0 Å². The van der Waals surface area contributed by atoms with Crippen LogP contribution < -0.4 is 5.73 Å². The Morgan fingerprint density at radius 2 is 2.24 bits per heavy atom. The fourth-order valence-electron chi connectivity index (χ4n) is 2.12. The number of aryl methyl sites for hydroxylation is 1. The van der Waals surface area contributed by atoms with E-state index < -0.39 is 11.4 Å². The molecule has 0 aliphatic carbocycles. The molecule has 1 unspecified atom stereocenters. The molecule has 0 fully saturated rings. The van der Waals surface area contributed by atoms with Crippen LogP contribution in [0.15, 0.2) is 18.5 Å². The van der Waals surface area contributed by atoms with Crippen molar-refractivity contribution in [2.75, 3.05) is 6.54 Å². The Kier molecular flexibility index (Phi) is 4.63. The number of carboxylic acids is 1. The van der Waals surface area contributed by atoms with Crippen molar-refractivity contribution in [3.8, 4) is 0 Å². The van der Waals surface area contributed by atoms with E-state index in [0.717, 1.165) is 17.5 Å². The monoisotopic (exact) mass is 236 g/mol. The first kappa shape index (κ1) is 13.6. The van der Waals surface area contributed by atoms with Crippen molar-refractivity contribution < 1.29 is 9.90 Å². The van der Waals surface area contributed by atoms with Gasteiger partial charge < -0.3 is 10.8 Å². The summed E-state index contributed by atoms with van der Waals surface area (Å²) in [6, 6.07) is 1.97. The molecule has 94 valence electrons. The zero-order valence-electron chi connectivity index (χ0n) is 10.4. The predicted octanol–water partition coefficient (Wildman–Crippen LogP) is 1.76. The maximum absolute atomic E-state index is 11.4. The Morgan fingerprint density at radius 1 is 1.53 bits per heavy atom. The number of nitrogens with two attached hydrogens (primary N) is 1. The van der Waals surface area contributed by atoms with Gasteiger partial charge in [-0.15, -0.1) is 0 Å². The van der Waals surface area contributed by atoms with Gasteiger partial charge in [0.15, 0.2) is 0 Å². The SMILES string of the molecule is CCCC(CN)(Cc1cncc(C)c1)C(=O)O. The van der Waals surface area contributed by atoms with E-state index in [9.17, 15) is 9.90 Å². The molecule has 0 bridgehead atoms. The van der Waals surface area contributed by atoms with Crippen LogP contribution in [0.2, 0.25) is 0 Å². The normalized spacial score (nSPS) is 14.3. The molecule has 0 amide bonds. The van der Waals surface area contributed by atoms with Crippen molar-refractivity contribution in [3.63, 3.8) is 0 Å². The molecule has 0 saturated carbocycles. The Balaban J connectivity index is 2.96. The van der Waals surface area contributed by atoms with Gasteiger partial charge in [0.1, 0.15) is 0 Å². The standard InChI is InChI=1S/C13H20N2O2/c1-3-4-13(9-14,12(16)17)6-11-5-10(2)7-15-8-11/h5,7-8H,3-4,6,9,14H2,1-2H3,(H,16,17). The number of pyridine rings is 1. The van der Waals surface area contributed by atoms with Crippen LogP contribution in [0.25, 0.3) is 0 Å². The third kappa shape index (κ3) is 3.27. The molecule has 0 saturated heterocycles. The molecule has 1 rings (SSSR count). The molecule has 4 nitrogen and oxygen atoms in total. The van der Waals surface area contributed by atoms with Crippen LogP contribution in [0.1, 0.15) is 30.9 Å². The van der Waals surface area contributed by atoms with E-state index in [1.165, 1.54) is 0 Å². The number of hydrogen-bond acceptors (Lipinski definition) is 3. The summed E-state index contributed by atoms with van der Waals surface area (Å²) < 4.78 is 0. The third-order valence-corrected chi connectivity index (χ3v) is 3.05. The molecule has 0 radical (unpaired) electrons. The second kappa shape index (κ2) is 5.77. The molecule has 1 aromatic heterocycles. The van der Waals surface area contributed by atoms with E-state index in [-0.39, 0.29) is 6.54 Å². The van der Waals surface area contributed by atoms with E-state index in [0.29, 0.717) is 12.8 Å². The topological polar surface area (TPSA) is 76.2 Å². The first-order valence-electron chi connectivity index (χ1n) is 5.88. The summed E-state index contributed by atoms with van der Waals surface area (Å²) >= 11 is 0. The highest BCUT2D eigenvalue weighted by Crippen LogP contribution is 2.28. The maximum atomic E-state index is 11.4. The molecule has 0 spiro atoms. The van der Waals surface area contributed by atoms with E-state index in [1.54, 1.807) is 12.4 Å². The van der Waals surface area contributed by atoms with Crippen LogP contribution >= 0.6 is 0 Å². The summed E-state index contributed by atoms with van der Waals surface area (Å²) in [4.78, 5) is 15.5. The van der Waals surface area contributed by atoms with Crippen molar-refractivity contribution in [1.29, 1.82) is 0 Å². The zero-order chi connectivity index (χ0) is 12.9. The Morgan fingerprint density at radius 3 is 2.71 bits per heavy atom. The van der Waals surface area contributed by atoms with Gasteiger partial charge in [-0.05, 0) is 30.9 Å². The maximum Gasteiger partial charge on any atom is 0.311 e. The summed E-state index contributed by atoms with van der Waals surface area (Å²) in [7, 11) is 0. The van der Waals surface area contributed by atoms with Crippen LogP contribution in [0.4, 0.5) is 0 Å². The first-order chi connectivity index (χ1) is 8.04. The van der Waals surface area contributed by atoms with E-state index >= 15 is 0 Å². The number of aliphatic carboxylic acids is 1. The highest BCUT2D eigenvalue weighted by Gasteiger charge is 2.36. The van der Waals surface area contributed by atoms with Gasteiger partial charge in [-0.3, -0.25) is 9.78 Å². The number of carboxylic acid groups (broad SMARTS) is 1. The fourth-order valence-corrected chi connectivity index (χ4v) is 2.12. The van der Waals surface area contributed by atoms with E-state index in [4.69, 9.17) is 5.73 Å². The molecule has 17 heavy (non-hydrogen) atoms. The van der Waals surface area contributed by atoms with Gasteiger partial charge in [-0.2, -0.15) is 0 Å². The average Bonchev–Trinajstić information content (AvgIpc) is 2.28. The molecule has 0 aromatic carbocycles. The summed E-state index contributed by atoms with van der Waals surface area (Å²) in [6.45, 7) is 4.08. The summed E-state index contributed by atoms with van der Waals surface area (Å²) in [6.07, 6.45) is 5.32. The van der Waals surface area contributed by atoms with Crippen molar-refractivity contribution in [3.05, 3.63) is 29.6 Å². The minimum absolute atomic E-state index is 0.157. The van der Waals surface area contributed by atoms with Crippen LogP contribution in [0, 0.1) is 12.3 Å². The number of rotatable bonds is 6. The molecule has 0 aliphatic rings. The van der Waals surface area contributed by atoms with Crippen LogP contribution in [0.5, 0.6) is 0 Å². The zero-order valence-corrected chi connectivity index (χ0v) is 10.4. The molecule has 4 heteroatoms. The Bertz CT molecular complexity index is 393. The van der Waals surface area contributed by atoms with Gasteiger partial charge in [0, 0.05) is 18.9 Å². The largest absolute Gasteiger partial charge is 0.481 e. The van der Waals surface area contributed by atoms with Gasteiger partial charge in [-0.1, -0.05) is 19.4 Å². The third-order valence-electron chi connectivity index (χ3n) is 3.05. The number of hydrogen-bond donors (Lipinski definition) is 2. The lowest BCUT2D eigenvalue weighted by atomic mass is 9.78. The number of nitrogens with zero attached hydrogens (tertiary/aromatic N) is 1. The number of carbonyl (C=O) groups is 1. The molecule has 1 heterocycles. The molecular formula is C13H20N2O2. The second-order valence-electron chi connectivity index (χ2n) is 4.59. The number of aromatic nitrogens is 1. The van der Waals surface area contributed by atoms with E-state index in [1.807, 2.05) is 19.9 Å². The summed E-state index contributed by atoms with van der Waals surface area (Å²) in [5, 5.41) is 9.39. The van der Waals surface area contributed by atoms with Crippen molar-refractivity contribution in [2.24, 2.45) is 11.1 Å². The molecule has 0 aliphatic heterocycles. The van der Waals surface area contributed by atoms with E-state index in [2.05, 4.69) is 4.98 Å². The van der Waals surface area contributed by atoms with Gasteiger partial charge >= 0.3 is 5.97 Å². The lowest BCUT2D eigenvalue weighted by Gasteiger charge is -2.27. The summed E-state index contributed by atoms with van der Waals surface area (Å²) in [5.41, 5.74) is 6.80. The van der Waals surface area contributed by atoms with Crippen molar-refractivity contribution in [2.45, 2.75) is 33.1 Å². The minimum Gasteiger partial charge on any atom is -0.481 e. The quantitative estimate of drug-likeness (QED) is 0.789. The molecule has 1 aromatic rings. The van der Waals surface area contributed by atoms with Crippen LogP contribution in [-0.2, 0) is 11.2 Å². The first-order valence-corrected chi connectivity index (χ1v) is 5.88. The van der Waals surface area contributed by atoms with Crippen LogP contribution in [-0.4, -0.2) is 22.6 Å². The summed E-state index contributed by atoms with van der Waals surface area (Å²) in [5.74, 6) is -0.816.